The number of hydrogen-bond donors (Lipinski definition) is 0. The lowest BCUT2D eigenvalue weighted by Crippen LogP contribution is -2.26. The third-order valence-electron chi connectivity index (χ3n) is 3.92. The van der Waals surface area contributed by atoms with Gasteiger partial charge in [0.25, 0.3) is 0 Å². The van der Waals surface area contributed by atoms with Crippen LogP contribution in [0.2, 0.25) is 0 Å². The van der Waals surface area contributed by atoms with Gasteiger partial charge in [-0.25, -0.2) is 13.2 Å². The van der Waals surface area contributed by atoms with Gasteiger partial charge < -0.3 is 4.74 Å². The summed E-state index contributed by atoms with van der Waals surface area (Å²) in [7, 11) is -3.54. The summed E-state index contributed by atoms with van der Waals surface area (Å²) in [4.78, 5) is 35.0. The SMILES string of the molecule is C=CS(=O)(=O)c1ccc(C(=O)OCCC2CC(=O)CCC2=O)cc1. The van der Waals surface area contributed by atoms with Crippen LogP contribution in [0.15, 0.2) is 41.1 Å². The van der Waals surface area contributed by atoms with Crippen LogP contribution in [0.4, 0.5) is 0 Å². The summed E-state index contributed by atoms with van der Waals surface area (Å²) in [5.74, 6) is -0.888. The molecule has 1 saturated carbocycles. The molecule has 1 unspecified atom stereocenters. The third kappa shape index (κ3) is 4.38. The molecule has 1 atom stereocenters. The highest BCUT2D eigenvalue weighted by Gasteiger charge is 2.27. The zero-order valence-corrected chi connectivity index (χ0v) is 13.9. The van der Waals surface area contributed by atoms with Crippen molar-refractivity contribution in [3.8, 4) is 0 Å². The van der Waals surface area contributed by atoms with E-state index in [9.17, 15) is 22.8 Å². The van der Waals surface area contributed by atoms with Crippen LogP contribution in [-0.2, 0) is 24.2 Å². The second-order valence-corrected chi connectivity index (χ2v) is 7.46. The first-order valence-electron chi connectivity index (χ1n) is 7.52. The Morgan fingerprint density at radius 2 is 1.88 bits per heavy atom. The normalized spacial score (nSPS) is 18.2. The highest BCUT2D eigenvalue weighted by Crippen LogP contribution is 2.21. The second kappa shape index (κ2) is 7.53. The van der Waals surface area contributed by atoms with Crippen LogP contribution in [0.1, 0.15) is 36.0 Å². The molecule has 7 heteroatoms. The lowest BCUT2D eigenvalue weighted by molar-refractivity contribution is -0.133. The Balaban J connectivity index is 1.90. The van der Waals surface area contributed by atoms with Gasteiger partial charge >= 0.3 is 5.97 Å². The van der Waals surface area contributed by atoms with Crippen LogP contribution >= 0.6 is 0 Å². The average Bonchev–Trinajstić information content (AvgIpc) is 2.58. The zero-order valence-electron chi connectivity index (χ0n) is 13.1. The van der Waals surface area contributed by atoms with Gasteiger partial charge in [0.15, 0.2) is 9.84 Å². The first-order chi connectivity index (χ1) is 11.3. The molecular weight excluding hydrogens is 332 g/mol. The van der Waals surface area contributed by atoms with Gasteiger partial charge in [-0.15, -0.1) is 0 Å². The molecule has 1 aliphatic rings. The minimum atomic E-state index is -3.54. The summed E-state index contributed by atoms with van der Waals surface area (Å²) in [6.07, 6.45) is 1.09. The molecular formula is C17H18O6S. The summed E-state index contributed by atoms with van der Waals surface area (Å²) in [6, 6.07) is 5.32. The molecule has 0 N–H and O–H groups in total. The van der Waals surface area contributed by atoms with Crippen LogP contribution in [-0.4, -0.2) is 32.6 Å². The van der Waals surface area contributed by atoms with Crippen molar-refractivity contribution in [1.82, 2.24) is 0 Å². The fourth-order valence-electron chi connectivity index (χ4n) is 2.47. The highest BCUT2D eigenvalue weighted by molar-refractivity contribution is 7.94. The molecule has 0 bridgehead atoms. The van der Waals surface area contributed by atoms with Crippen molar-refractivity contribution in [2.24, 2.45) is 5.92 Å². The number of rotatable bonds is 6. The van der Waals surface area contributed by atoms with E-state index in [0.29, 0.717) is 12.8 Å². The highest BCUT2D eigenvalue weighted by atomic mass is 32.2. The first-order valence-corrected chi connectivity index (χ1v) is 9.07. The summed E-state index contributed by atoms with van der Waals surface area (Å²) >= 11 is 0. The van der Waals surface area contributed by atoms with E-state index in [-0.39, 0.29) is 47.4 Å². The Labute approximate surface area is 140 Å². The van der Waals surface area contributed by atoms with Crippen molar-refractivity contribution in [3.63, 3.8) is 0 Å². The smallest absolute Gasteiger partial charge is 0.338 e. The van der Waals surface area contributed by atoms with Crippen LogP contribution in [0, 0.1) is 5.92 Å². The zero-order chi connectivity index (χ0) is 17.7. The van der Waals surface area contributed by atoms with Crippen molar-refractivity contribution in [2.75, 3.05) is 6.61 Å². The molecule has 1 aromatic rings. The molecule has 1 aliphatic carbocycles. The van der Waals surface area contributed by atoms with Crippen molar-refractivity contribution >= 4 is 27.4 Å². The lowest BCUT2D eigenvalue weighted by atomic mass is 9.85. The third-order valence-corrected chi connectivity index (χ3v) is 5.29. The Hall–Kier alpha value is -2.28. The number of carbonyl (C=O) groups is 3. The van der Waals surface area contributed by atoms with Crippen molar-refractivity contribution in [3.05, 3.63) is 41.8 Å². The second-order valence-electron chi connectivity index (χ2n) is 5.57. The number of carbonyl (C=O) groups excluding carboxylic acids is 3. The Bertz CT molecular complexity index is 761. The predicted octanol–water partition coefficient (Wildman–Crippen LogP) is 2.09. The van der Waals surface area contributed by atoms with Gasteiger partial charge in [0.2, 0.25) is 0 Å². The van der Waals surface area contributed by atoms with Crippen molar-refractivity contribution < 1.29 is 27.5 Å². The molecule has 0 spiro atoms. The molecule has 24 heavy (non-hydrogen) atoms. The van der Waals surface area contributed by atoms with Crippen LogP contribution in [0.3, 0.4) is 0 Å². The average molecular weight is 350 g/mol. The molecule has 0 saturated heterocycles. The minimum Gasteiger partial charge on any atom is -0.462 e. The first kappa shape index (κ1) is 18.1. The molecule has 1 aromatic carbocycles. The van der Waals surface area contributed by atoms with E-state index in [2.05, 4.69) is 6.58 Å². The number of esters is 1. The number of Topliss-reactive ketones (excluding diaryl/α,β-unsaturated/α-hetero) is 2. The molecule has 2 rings (SSSR count). The number of hydrogen-bond acceptors (Lipinski definition) is 6. The van der Waals surface area contributed by atoms with E-state index >= 15 is 0 Å². The van der Waals surface area contributed by atoms with Gasteiger partial charge in [-0.1, -0.05) is 6.58 Å². The van der Waals surface area contributed by atoms with Gasteiger partial charge in [0.1, 0.15) is 11.6 Å². The van der Waals surface area contributed by atoms with E-state index < -0.39 is 15.8 Å². The fourth-order valence-corrected chi connectivity index (χ4v) is 3.18. The van der Waals surface area contributed by atoms with E-state index in [0.717, 1.165) is 5.41 Å². The minimum absolute atomic E-state index is 0.0321. The van der Waals surface area contributed by atoms with Crippen LogP contribution in [0.25, 0.3) is 0 Å². The van der Waals surface area contributed by atoms with E-state index in [4.69, 9.17) is 4.74 Å². The molecule has 0 heterocycles. The van der Waals surface area contributed by atoms with Crippen LogP contribution < -0.4 is 0 Å². The molecule has 0 aliphatic heterocycles. The van der Waals surface area contributed by atoms with E-state index in [1.807, 2.05) is 0 Å². The number of sulfone groups is 1. The van der Waals surface area contributed by atoms with Crippen molar-refractivity contribution in [2.45, 2.75) is 30.6 Å². The maximum atomic E-state index is 11.9. The number of ether oxygens (including phenoxy) is 1. The summed E-state index contributed by atoms with van der Waals surface area (Å²) in [5, 5.41) is 0.836. The summed E-state index contributed by atoms with van der Waals surface area (Å²) in [6.45, 7) is 3.27. The largest absolute Gasteiger partial charge is 0.462 e. The van der Waals surface area contributed by atoms with Gasteiger partial charge in [0.05, 0.1) is 17.1 Å². The fraction of sp³-hybridized carbons (Fsp3) is 0.353. The lowest BCUT2D eigenvalue weighted by Gasteiger charge is -2.19. The van der Waals surface area contributed by atoms with Gasteiger partial charge in [-0.2, -0.15) is 0 Å². The van der Waals surface area contributed by atoms with Crippen LogP contribution in [0.5, 0.6) is 0 Å². The number of benzene rings is 1. The number of ketones is 2. The van der Waals surface area contributed by atoms with Gasteiger partial charge in [-0.3, -0.25) is 9.59 Å². The molecule has 0 aromatic heterocycles. The summed E-state index contributed by atoms with van der Waals surface area (Å²) in [5.41, 5.74) is 0.212. The monoisotopic (exact) mass is 350 g/mol. The maximum absolute atomic E-state index is 11.9. The molecule has 0 radical (unpaired) electrons. The summed E-state index contributed by atoms with van der Waals surface area (Å²) < 4.78 is 28.3. The van der Waals surface area contributed by atoms with Gasteiger partial charge in [-0.05, 0) is 30.7 Å². The molecule has 6 nitrogen and oxygen atoms in total. The topological polar surface area (TPSA) is 94.6 Å². The van der Waals surface area contributed by atoms with E-state index in [1.54, 1.807) is 0 Å². The maximum Gasteiger partial charge on any atom is 0.338 e. The van der Waals surface area contributed by atoms with E-state index in [1.165, 1.54) is 24.3 Å². The Morgan fingerprint density at radius 3 is 2.50 bits per heavy atom. The molecule has 1 fully saturated rings. The molecule has 128 valence electrons. The standard InChI is InChI=1S/C17H18O6S/c1-2-24(21,22)15-6-3-12(4-7-15)17(20)23-10-9-13-11-14(18)5-8-16(13)19/h2-4,6-7,13H,1,5,8-11H2. The van der Waals surface area contributed by atoms with Gasteiger partial charge in [0, 0.05) is 30.6 Å². The van der Waals surface area contributed by atoms with Crippen molar-refractivity contribution in [1.29, 1.82) is 0 Å². The Kier molecular flexibility index (Phi) is 5.66. The quantitative estimate of drug-likeness (QED) is 0.729. The molecule has 0 amide bonds. The predicted molar refractivity (Wildman–Crippen MR) is 86.1 cm³/mol. The Morgan fingerprint density at radius 1 is 1.21 bits per heavy atom.